The Labute approximate surface area is 176 Å². The van der Waals surface area contributed by atoms with Gasteiger partial charge in [0.15, 0.2) is 0 Å². The second kappa shape index (κ2) is 10.5. The molecular weight excluding hydrogens is 384 g/mol. The zero-order valence-electron chi connectivity index (χ0n) is 17.7. The molecule has 0 bridgehead atoms. The molecule has 2 rings (SSSR count). The molecule has 0 heterocycles. The molecule has 0 aromatic heterocycles. The Morgan fingerprint density at radius 3 is 2.00 bits per heavy atom. The number of rotatable bonds is 9. The first-order chi connectivity index (χ1) is 14.3. The number of ether oxygens (including phenoxy) is 4. The van der Waals surface area contributed by atoms with Crippen molar-refractivity contribution in [1.29, 1.82) is 0 Å². The van der Waals surface area contributed by atoms with Crippen LogP contribution < -0.4 is 9.47 Å². The van der Waals surface area contributed by atoms with E-state index in [-0.39, 0.29) is 6.61 Å². The monoisotopic (exact) mass is 410 g/mol. The zero-order valence-corrected chi connectivity index (χ0v) is 17.7. The van der Waals surface area contributed by atoms with Gasteiger partial charge in [-0.1, -0.05) is 25.3 Å². The zero-order chi connectivity index (χ0) is 22.3. The van der Waals surface area contributed by atoms with Gasteiger partial charge in [0.2, 0.25) is 0 Å². The lowest BCUT2D eigenvalue weighted by Crippen LogP contribution is -2.10. The minimum atomic E-state index is -0.496. The molecule has 0 saturated carbocycles. The van der Waals surface area contributed by atoms with E-state index in [2.05, 4.69) is 13.2 Å². The summed E-state index contributed by atoms with van der Waals surface area (Å²) < 4.78 is 21.3. The summed E-state index contributed by atoms with van der Waals surface area (Å²) >= 11 is 0. The molecule has 0 spiro atoms. The van der Waals surface area contributed by atoms with Crippen molar-refractivity contribution >= 4 is 11.9 Å². The molecule has 0 N–H and O–H groups in total. The molecule has 0 aliphatic rings. The lowest BCUT2D eigenvalue weighted by atomic mass is 9.97. The van der Waals surface area contributed by atoms with Crippen LogP contribution in [0.3, 0.4) is 0 Å². The van der Waals surface area contributed by atoms with Crippen molar-refractivity contribution in [3.8, 4) is 22.6 Å². The van der Waals surface area contributed by atoms with Crippen molar-refractivity contribution in [3.05, 3.63) is 71.8 Å². The van der Waals surface area contributed by atoms with E-state index in [0.29, 0.717) is 34.8 Å². The summed E-state index contributed by atoms with van der Waals surface area (Å²) in [7, 11) is 3.16. The van der Waals surface area contributed by atoms with E-state index in [0.717, 1.165) is 16.7 Å². The summed E-state index contributed by atoms with van der Waals surface area (Å²) in [4.78, 5) is 23.7. The van der Waals surface area contributed by atoms with Crippen molar-refractivity contribution in [2.45, 2.75) is 27.1 Å². The average Bonchev–Trinajstić information content (AvgIpc) is 2.69. The Morgan fingerprint density at radius 1 is 0.800 bits per heavy atom. The van der Waals surface area contributed by atoms with E-state index in [9.17, 15) is 9.59 Å². The standard InChI is InChI=1S/C24H26O6/c1-15(2)23(25)29-20-8-9-21(18(12-20)13-27-5)17-7-10-22(19(11-17)14-28-6)30-24(26)16(3)4/h7-12H,1,3,13-14H2,2,4-6H3. The first-order valence-electron chi connectivity index (χ1n) is 9.26. The predicted octanol–water partition coefficient (Wildman–Crippen LogP) is 4.61. The number of methoxy groups -OCH3 is 2. The van der Waals surface area contributed by atoms with Gasteiger partial charge in [0.25, 0.3) is 0 Å². The molecule has 0 aliphatic heterocycles. The Balaban J connectivity index is 2.44. The van der Waals surface area contributed by atoms with Gasteiger partial charge in [-0.05, 0) is 54.8 Å². The van der Waals surface area contributed by atoms with Gasteiger partial charge in [0.05, 0.1) is 13.2 Å². The molecule has 0 atom stereocenters. The van der Waals surface area contributed by atoms with Crippen molar-refractivity contribution in [2.24, 2.45) is 0 Å². The van der Waals surface area contributed by atoms with Crippen molar-refractivity contribution < 1.29 is 28.5 Å². The molecule has 0 unspecified atom stereocenters. The van der Waals surface area contributed by atoms with Crippen LogP contribution in [-0.4, -0.2) is 26.2 Å². The SMILES string of the molecule is C=C(C)C(=O)Oc1ccc(-c2ccc(OC(=O)C(=C)C)c(COC)c2)c(COC)c1. The third-order valence-electron chi connectivity index (χ3n) is 4.16. The van der Waals surface area contributed by atoms with Crippen molar-refractivity contribution in [3.63, 3.8) is 0 Å². The molecule has 6 heteroatoms. The first-order valence-corrected chi connectivity index (χ1v) is 9.26. The molecule has 0 saturated heterocycles. The van der Waals surface area contributed by atoms with Crippen LogP contribution in [-0.2, 0) is 32.3 Å². The van der Waals surface area contributed by atoms with Gasteiger partial charge in [-0.3, -0.25) is 0 Å². The molecule has 0 aliphatic carbocycles. The van der Waals surface area contributed by atoms with Crippen LogP contribution in [0.1, 0.15) is 25.0 Å². The molecule has 30 heavy (non-hydrogen) atoms. The minimum absolute atomic E-state index is 0.264. The van der Waals surface area contributed by atoms with E-state index >= 15 is 0 Å². The predicted molar refractivity (Wildman–Crippen MR) is 114 cm³/mol. The topological polar surface area (TPSA) is 71.1 Å². The molecule has 0 radical (unpaired) electrons. The van der Waals surface area contributed by atoms with Crippen LogP contribution in [0, 0.1) is 0 Å². The summed E-state index contributed by atoms with van der Waals surface area (Å²) in [6, 6.07) is 10.8. The first kappa shape index (κ1) is 23.1. The lowest BCUT2D eigenvalue weighted by Gasteiger charge is -2.15. The quantitative estimate of drug-likeness (QED) is 0.342. The third-order valence-corrected chi connectivity index (χ3v) is 4.16. The Kier molecular flexibility index (Phi) is 8.09. The van der Waals surface area contributed by atoms with Gasteiger partial charge in [0, 0.05) is 30.9 Å². The van der Waals surface area contributed by atoms with E-state index < -0.39 is 11.9 Å². The Morgan fingerprint density at radius 2 is 1.40 bits per heavy atom. The number of hydrogen-bond acceptors (Lipinski definition) is 6. The molecule has 158 valence electrons. The van der Waals surface area contributed by atoms with E-state index in [1.807, 2.05) is 18.2 Å². The van der Waals surface area contributed by atoms with Gasteiger partial charge in [-0.25, -0.2) is 9.59 Å². The van der Waals surface area contributed by atoms with Crippen LogP contribution in [0.4, 0.5) is 0 Å². The Hall–Kier alpha value is -3.22. The molecular formula is C24H26O6. The van der Waals surface area contributed by atoms with E-state index in [1.165, 1.54) is 0 Å². The minimum Gasteiger partial charge on any atom is -0.423 e. The van der Waals surface area contributed by atoms with Crippen molar-refractivity contribution in [1.82, 2.24) is 0 Å². The largest absolute Gasteiger partial charge is 0.423 e. The number of esters is 2. The Bertz CT molecular complexity index is 974. The number of hydrogen-bond donors (Lipinski definition) is 0. The average molecular weight is 410 g/mol. The number of benzene rings is 2. The maximum absolute atomic E-state index is 11.9. The fourth-order valence-electron chi connectivity index (χ4n) is 2.69. The van der Waals surface area contributed by atoms with Crippen molar-refractivity contribution in [2.75, 3.05) is 14.2 Å². The highest BCUT2D eigenvalue weighted by Crippen LogP contribution is 2.32. The van der Waals surface area contributed by atoms with Gasteiger partial charge in [0.1, 0.15) is 11.5 Å². The highest BCUT2D eigenvalue weighted by Gasteiger charge is 2.15. The maximum atomic E-state index is 11.9. The summed E-state index contributed by atoms with van der Waals surface area (Å²) in [5, 5.41) is 0. The summed E-state index contributed by atoms with van der Waals surface area (Å²) in [5.41, 5.74) is 3.94. The fraction of sp³-hybridized carbons (Fsp3) is 0.250. The summed E-state index contributed by atoms with van der Waals surface area (Å²) in [6.45, 7) is 11.0. The molecule has 0 amide bonds. The highest BCUT2D eigenvalue weighted by atomic mass is 16.5. The smallest absolute Gasteiger partial charge is 0.338 e. The molecule has 2 aromatic rings. The van der Waals surface area contributed by atoms with Gasteiger partial charge in [-0.2, -0.15) is 0 Å². The number of carbonyl (C=O) groups excluding carboxylic acids is 2. The van der Waals surface area contributed by atoms with Gasteiger partial charge >= 0.3 is 11.9 Å². The lowest BCUT2D eigenvalue weighted by molar-refractivity contribution is -0.131. The highest BCUT2D eigenvalue weighted by molar-refractivity contribution is 5.89. The molecule has 2 aromatic carbocycles. The molecule has 6 nitrogen and oxygen atoms in total. The number of carbonyl (C=O) groups is 2. The molecule has 0 fully saturated rings. The van der Waals surface area contributed by atoms with Gasteiger partial charge in [-0.15, -0.1) is 0 Å². The maximum Gasteiger partial charge on any atom is 0.338 e. The van der Waals surface area contributed by atoms with Crippen LogP contribution in [0.5, 0.6) is 11.5 Å². The summed E-state index contributed by atoms with van der Waals surface area (Å²) in [6.07, 6.45) is 0. The second-order valence-corrected chi connectivity index (χ2v) is 6.85. The third kappa shape index (κ3) is 5.89. The van der Waals surface area contributed by atoms with Crippen LogP contribution in [0.2, 0.25) is 0 Å². The van der Waals surface area contributed by atoms with Gasteiger partial charge < -0.3 is 18.9 Å². The van der Waals surface area contributed by atoms with E-state index in [4.69, 9.17) is 18.9 Å². The van der Waals surface area contributed by atoms with Crippen LogP contribution >= 0.6 is 0 Å². The fourth-order valence-corrected chi connectivity index (χ4v) is 2.69. The summed E-state index contributed by atoms with van der Waals surface area (Å²) in [5.74, 6) is -0.169. The van der Waals surface area contributed by atoms with Crippen LogP contribution in [0.15, 0.2) is 60.7 Å². The van der Waals surface area contributed by atoms with Crippen LogP contribution in [0.25, 0.3) is 11.1 Å². The van der Waals surface area contributed by atoms with E-state index in [1.54, 1.807) is 46.3 Å². The normalized spacial score (nSPS) is 10.4. The second-order valence-electron chi connectivity index (χ2n) is 6.85.